The number of carbonyl (C=O) groups excluding carboxylic acids is 1. The second-order valence-corrected chi connectivity index (χ2v) is 4.25. The number of carbonyl (C=O) groups is 1. The molecule has 0 unspecified atom stereocenters. The molecule has 1 rings (SSSR count). The number of nitrogens with one attached hydrogen (secondary N) is 1. The van der Waals surface area contributed by atoms with Crippen molar-refractivity contribution < 1.29 is 14.7 Å². The van der Waals surface area contributed by atoms with Crippen LogP contribution in [0.15, 0.2) is 24.3 Å². The summed E-state index contributed by atoms with van der Waals surface area (Å²) in [6.07, 6.45) is 3.58. The number of hydrogen-bond donors (Lipinski definition) is 2. The Bertz CT molecular complexity index is 349. The number of benzene rings is 1. The topological polar surface area (TPSA) is 58.6 Å². The smallest absolute Gasteiger partial charge is 0.243 e. The first-order chi connectivity index (χ1) is 8.76. The second-order valence-electron chi connectivity index (χ2n) is 4.25. The Morgan fingerprint density at radius 1 is 1.22 bits per heavy atom. The minimum absolute atomic E-state index is 0.0370. The van der Waals surface area contributed by atoms with Crippen molar-refractivity contribution in [2.75, 3.05) is 0 Å². The van der Waals surface area contributed by atoms with Gasteiger partial charge in [0.25, 0.3) is 0 Å². The first-order valence-electron chi connectivity index (χ1n) is 6.35. The van der Waals surface area contributed by atoms with E-state index in [4.69, 9.17) is 9.94 Å². The third-order valence-electron chi connectivity index (χ3n) is 2.64. The van der Waals surface area contributed by atoms with Crippen molar-refractivity contribution in [2.45, 2.75) is 45.8 Å². The number of rotatable bonds is 8. The van der Waals surface area contributed by atoms with Gasteiger partial charge in [-0.2, -0.15) is 0 Å². The van der Waals surface area contributed by atoms with E-state index < -0.39 is 0 Å². The van der Waals surface area contributed by atoms with Gasteiger partial charge < -0.3 is 5.11 Å². The number of hydrogen-bond acceptors (Lipinski definition) is 3. The lowest BCUT2D eigenvalue weighted by Gasteiger charge is -2.06. The maximum Gasteiger partial charge on any atom is 0.243 e. The predicted molar refractivity (Wildman–Crippen MR) is 69.4 cm³/mol. The van der Waals surface area contributed by atoms with Gasteiger partial charge in [0.05, 0.1) is 13.2 Å². The molecule has 0 fully saturated rings. The minimum Gasteiger partial charge on any atom is -0.392 e. The zero-order chi connectivity index (χ0) is 13.2. The maximum absolute atomic E-state index is 11.3. The molecule has 0 atom stereocenters. The quantitative estimate of drug-likeness (QED) is 0.550. The van der Waals surface area contributed by atoms with Crippen molar-refractivity contribution in [2.24, 2.45) is 0 Å². The van der Waals surface area contributed by atoms with Gasteiger partial charge in [-0.3, -0.25) is 9.63 Å². The van der Waals surface area contributed by atoms with Crippen LogP contribution in [-0.2, 0) is 22.8 Å². The standard InChI is InChI=1S/C14H21NO3/c1-2-3-4-5-14(17)15-18-11-13-8-6-12(10-16)7-9-13/h6-9,16H,2-5,10-11H2,1H3,(H,15,17). The van der Waals surface area contributed by atoms with Crippen LogP contribution in [0.4, 0.5) is 0 Å². The maximum atomic E-state index is 11.3. The Balaban J connectivity index is 2.18. The largest absolute Gasteiger partial charge is 0.392 e. The lowest BCUT2D eigenvalue weighted by atomic mass is 10.1. The van der Waals surface area contributed by atoms with Crippen LogP contribution in [-0.4, -0.2) is 11.0 Å². The molecule has 0 aromatic heterocycles. The number of unbranched alkanes of at least 4 members (excludes halogenated alkanes) is 2. The monoisotopic (exact) mass is 251 g/mol. The average molecular weight is 251 g/mol. The third-order valence-corrected chi connectivity index (χ3v) is 2.64. The van der Waals surface area contributed by atoms with E-state index in [1.807, 2.05) is 24.3 Å². The van der Waals surface area contributed by atoms with Gasteiger partial charge in [-0.25, -0.2) is 5.48 Å². The normalized spacial score (nSPS) is 10.3. The second kappa shape index (κ2) is 8.66. The van der Waals surface area contributed by atoms with E-state index in [0.29, 0.717) is 13.0 Å². The molecule has 1 amide bonds. The summed E-state index contributed by atoms with van der Waals surface area (Å²) < 4.78 is 0. The van der Waals surface area contributed by atoms with Crippen LogP contribution in [0.5, 0.6) is 0 Å². The Kier molecular flexibility index (Phi) is 7.06. The zero-order valence-corrected chi connectivity index (χ0v) is 10.8. The molecule has 18 heavy (non-hydrogen) atoms. The van der Waals surface area contributed by atoms with Gasteiger partial charge in [0.1, 0.15) is 0 Å². The van der Waals surface area contributed by atoms with Crippen LogP contribution in [0.1, 0.15) is 43.7 Å². The Labute approximate surface area is 108 Å². The van der Waals surface area contributed by atoms with Crippen molar-refractivity contribution in [1.29, 1.82) is 0 Å². The molecule has 0 bridgehead atoms. The summed E-state index contributed by atoms with van der Waals surface area (Å²) >= 11 is 0. The fourth-order valence-corrected chi connectivity index (χ4v) is 1.53. The summed E-state index contributed by atoms with van der Waals surface area (Å²) in [5.41, 5.74) is 4.25. The summed E-state index contributed by atoms with van der Waals surface area (Å²) in [5, 5.41) is 8.89. The lowest BCUT2D eigenvalue weighted by molar-refractivity contribution is -0.134. The SMILES string of the molecule is CCCCCC(=O)NOCc1ccc(CO)cc1. The van der Waals surface area contributed by atoms with E-state index in [2.05, 4.69) is 12.4 Å². The van der Waals surface area contributed by atoms with Crippen LogP contribution in [0.25, 0.3) is 0 Å². The van der Waals surface area contributed by atoms with Crippen molar-refractivity contribution in [1.82, 2.24) is 5.48 Å². The summed E-state index contributed by atoms with van der Waals surface area (Å²) in [4.78, 5) is 16.5. The minimum atomic E-state index is -0.0737. The van der Waals surface area contributed by atoms with E-state index >= 15 is 0 Å². The molecule has 0 aliphatic rings. The molecular formula is C14H21NO3. The van der Waals surface area contributed by atoms with E-state index in [1.165, 1.54) is 0 Å². The Morgan fingerprint density at radius 2 is 1.89 bits per heavy atom. The molecule has 4 heteroatoms. The van der Waals surface area contributed by atoms with E-state index in [1.54, 1.807) is 0 Å². The first kappa shape index (κ1) is 14.7. The van der Waals surface area contributed by atoms with Crippen LogP contribution in [0, 0.1) is 0 Å². The molecule has 1 aromatic carbocycles. The Hall–Kier alpha value is -1.39. The zero-order valence-electron chi connectivity index (χ0n) is 10.8. The molecular weight excluding hydrogens is 230 g/mol. The summed E-state index contributed by atoms with van der Waals surface area (Å²) in [5.74, 6) is -0.0737. The van der Waals surface area contributed by atoms with Gasteiger partial charge in [-0.1, -0.05) is 44.0 Å². The van der Waals surface area contributed by atoms with Crippen molar-refractivity contribution >= 4 is 5.91 Å². The van der Waals surface area contributed by atoms with Gasteiger partial charge in [0, 0.05) is 6.42 Å². The molecule has 0 saturated carbocycles. The fraction of sp³-hybridized carbons (Fsp3) is 0.500. The van der Waals surface area contributed by atoms with Crippen LogP contribution in [0.3, 0.4) is 0 Å². The molecule has 0 aliphatic carbocycles. The van der Waals surface area contributed by atoms with Crippen molar-refractivity contribution in [3.63, 3.8) is 0 Å². The molecule has 0 aliphatic heterocycles. The highest BCUT2D eigenvalue weighted by molar-refractivity contribution is 5.74. The van der Waals surface area contributed by atoms with Crippen LogP contribution < -0.4 is 5.48 Å². The van der Waals surface area contributed by atoms with E-state index in [0.717, 1.165) is 30.4 Å². The van der Waals surface area contributed by atoms with Crippen molar-refractivity contribution in [3.05, 3.63) is 35.4 Å². The molecule has 1 aromatic rings. The third kappa shape index (κ3) is 5.80. The summed E-state index contributed by atoms with van der Waals surface area (Å²) in [7, 11) is 0. The van der Waals surface area contributed by atoms with Gasteiger partial charge in [-0.15, -0.1) is 0 Å². The number of amides is 1. The molecule has 100 valence electrons. The molecule has 0 radical (unpaired) electrons. The highest BCUT2D eigenvalue weighted by atomic mass is 16.6. The molecule has 0 spiro atoms. The molecule has 4 nitrogen and oxygen atoms in total. The highest BCUT2D eigenvalue weighted by Gasteiger charge is 2.01. The van der Waals surface area contributed by atoms with Crippen LogP contribution in [0.2, 0.25) is 0 Å². The highest BCUT2D eigenvalue weighted by Crippen LogP contribution is 2.05. The van der Waals surface area contributed by atoms with Gasteiger partial charge >= 0.3 is 0 Å². The fourth-order valence-electron chi connectivity index (χ4n) is 1.53. The summed E-state index contributed by atoms with van der Waals surface area (Å²) in [6.45, 7) is 2.48. The Morgan fingerprint density at radius 3 is 2.50 bits per heavy atom. The molecule has 0 saturated heterocycles. The molecule has 2 N–H and O–H groups in total. The van der Waals surface area contributed by atoms with Gasteiger partial charge in [0.2, 0.25) is 5.91 Å². The number of hydroxylamine groups is 1. The van der Waals surface area contributed by atoms with Gasteiger partial charge in [-0.05, 0) is 17.5 Å². The molecule has 0 heterocycles. The number of aliphatic hydroxyl groups is 1. The number of aliphatic hydroxyl groups excluding tert-OH is 1. The van der Waals surface area contributed by atoms with Gasteiger partial charge in [0.15, 0.2) is 0 Å². The lowest BCUT2D eigenvalue weighted by Crippen LogP contribution is -2.23. The predicted octanol–water partition coefficient (Wildman–Crippen LogP) is 2.31. The average Bonchev–Trinajstić information content (AvgIpc) is 2.40. The van der Waals surface area contributed by atoms with E-state index in [9.17, 15) is 4.79 Å². The van der Waals surface area contributed by atoms with Crippen LogP contribution >= 0.6 is 0 Å². The summed E-state index contributed by atoms with van der Waals surface area (Å²) in [6, 6.07) is 7.41. The first-order valence-corrected chi connectivity index (χ1v) is 6.35. The van der Waals surface area contributed by atoms with Crippen molar-refractivity contribution in [3.8, 4) is 0 Å². The van der Waals surface area contributed by atoms with E-state index in [-0.39, 0.29) is 12.5 Å².